The molecule has 1 aromatic carbocycles. The van der Waals surface area contributed by atoms with Crippen LogP contribution >= 0.6 is 11.3 Å². The number of likely N-dealkylation sites (tertiary alicyclic amines) is 2. The molecule has 2 saturated heterocycles. The number of carbonyl (C=O) groups is 1. The maximum atomic E-state index is 12.2. The van der Waals surface area contributed by atoms with E-state index in [0.717, 1.165) is 38.3 Å². The number of benzene rings is 1. The van der Waals surface area contributed by atoms with Crippen molar-refractivity contribution < 1.29 is 9.53 Å². The van der Waals surface area contributed by atoms with Crippen LogP contribution < -0.4 is 4.74 Å². The maximum absolute atomic E-state index is 12.2. The lowest BCUT2D eigenvalue weighted by Gasteiger charge is -2.38. The van der Waals surface area contributed by atoms with E-state index in [9.17, 15) is 4.79 Å². The fraction of sp³-hybridized carbons (Fsp3) is 0.476. The summed E-state index contributed by atoms with van der Waals surface area (Å²) in [5.74, 6) is 2.12. The Morgan fingerprint density at radius 3 is 2.69 bits per heavy atom. The van der Waals surface area contributed by atoms with Gasteiger partial charge in [0.25, 0.3) is 0 Å². The van der Waals surface area contributed by atoms with E-state index in [1.165, 1.54) is 11.1 Å². The molecule has 0 unspecified atom stereocenters. The normalized spacial score (nSPS) is 25.9. The molecule has 3 atom stereocenters. The van der Waals surface area contributed by atoms with Crippen LogP contribution in [-0.4, -0.2) is 48.5 Å². The van der Waals surface area contributed by atoms with Crippen molar-refractivity contribution in [2.24, 2.45) is 5.92 Å². The molecule has 0 saturated carbocycles. The third-order valence-electron chi connectivity index (χ3n) is 5.96. The summed E-state index contributed by atoms with van der Waals surface area (Å²) in [6.45, 7) is 5.66. The molecule has 0 bridgehead atoms. The van der Waals surface area contributed by atoms with Gasteiger partial charge in [-0.3, -0.25) is 9.69 Å². The number of amides is 1. The minimum atomic E-state index is 0.223. The number of ether oxygens (including phenoxy) is 1. The number of carbonyl (C=O) groups excluding carboxylic acids is 1. The van der Waals surface area contributed by atoms with Gasteiger partial charge in [-0.05, 0) is 46.5 Å². The van der Waals surface area contributed by atoms with Crippen LogP contribution in [0, 0.1) is 5.92 Å². The van der Waals surface area contributed by atoms with Gasteiger partial charge in [-0.1, -0.05) is 12.1 Å². The summed E-state index contributed by atoms with van der Waals surface area (Å²) in [4.78, 5) is 16.8. The second kappa shape index (κ2) is 7.41. The highest BCUT2D eigenvalue weighted by atomic mass is 32.1. The van der Waals surface area contributed by atoms with E-state index < -0.39 is 0 Å². The fourth-order valence-corrected chi connectivity index (χ4v) is 5.36. The topological polar surface area (TPSA) is 32.8 Å². The quantitative estimate of drug-likeness (QED) is 0.824. The van der Waals surface area contributed by atoms with Crippen LogP contribution in [0.15, 0.2) is 41.1 Å². The van der Waals surface area contributed by atoms with Crippen molar-refractivity contribution in [2.45, 2.75) is 31.8 Å². The van der Waals surface area contributed by atoms with Gasteiger partial charge in [0, 0.05) is 51.0 Å². The second-order valence-corrected chi connectivity index (χ2v) is 8.22. The van der Waals surface area contributed by atoms with Crippen LogP contribution in [0.4, 0.5) is 0 Å². The third-order valence-corrected chi connectivity index (χ3v) is 6.66. The Morgan fingerprint density at radius 2 is 2.04 bits per heavy atom. The summed E-state index contributed by atoms with van der Waals surface area (Å²) in [6.07, 6.45) is 1.07. The van der Waals surface area contributed by atoms with Crippen LogP contribution in [0.25, 0.3) is 0 Å². The lowest BCUT2D eigenvalue weighted by atomic mass is 9.82. The number of methoxy groups -OCH3 is 1. The predicted molar refractivity (Wildman–Crippen MR) is 105 cm³/mol. The Kier molecular flexibility index (Phi) is 5.00. The van der Waals surface area contributed by atoms with Gasteiger partial charge in [-0.2, -0.15) is 11.3 Å². The molecule has 0 spiro atoms. The molecule has 138 valence electrons. The smallest absolute Gasteiger partial charge is 0.219 e. The van der Waals surface area contributed by atoms with Crippen LogP contribution in [0.5, 0.6) is 5.75 Å². The zero-order chi connectivity index (χ0) is 18.1. The minimum absolute atomic E-state index is 0.223. The molecule has 2 fully saturated rings. The first-order valence-corrected chi connectivity index (χ1v) is 10.2. The Balaban J connectivity index is 1.49. The summed E-state index contributed by atoms with van der Waals surface area (Å²) in [5, 5.41) is 4.41. The van der Waals surface area contributed by atoms with Gasteiger partial charge in [0.05, 0.1) is 7.11 Å². The number of piperidine rings is 1. The first-order chi connectivity index (χ1) is 12.7. The van der Waals surface area contributed by atoms with Crippen molar-refractivity contribution in [2.75, 3.05) is 26.7 Å². The first-order valence-electron chi connectivity index (χ1n) is 9.30. The van der Waals surface area contributed by atoms with E-state index >= 15 is 0 Å². The molecule has 4 nitrogen and oxygen atoms in total. The maximum Gasteiger partial charge on any atom is 0.219 e. The van der Waals surface area contributed by atoms with Gasteiger partial charge in [-0.25, -0.2) is 0 Å². The molecule has 2 aromatic rings. The third kappa shape index (κ3) is 3.38. The molecule has 1 amide bonds. The zero-order valence-corrected chi connectivity index (χ0v) is 16.2. The van der Waals surface area contributed by atoms with E-state index in [2.05, 4.69) is 38.8 Å². The average Bonchev–Trinajstić information content (AvgIpc) is 3.29. The zero-order valence-electron chi connectivity index (χ0n) is 15.4. The Morgan fingerprint density at radius 1 is 1.23 bits per heavy atom. The molecular weight excluding hydrogens is 344 g/mol. The highest BCUT2D eigenvalue weighted by Gasteiger charge is 2.46. The number of fused-ring (bicyclic) bond motifs is 1. The van der Waals surface area contributed by atoms with Crippen molar-refractivity contribution in [3.8, 4) is 5.75 Å². The van der Waals surface area contributed by atoms with Gasteiger partial charge in [0.2, 0.25) is 5.91 Å². The lowest BCUT2D eigenvalue weighted by molar-refractivity contribution is -0.130. The molecule has 1 aromatic heterocycles. The first kappa shape index (κ1) is 17.6. The SMILES string of the molecule is COc1ccc(CN2CC[C@H]3[C@@H](C2)[C@H](c2ccsc2)CN3C(C)=O)cc1. The molecule has 4 rings (SSSR count). The van der Waals surface area contributed by atoms with Crippen LogP contribution in [-0.2, 0) is 11.3 Å². The Bertz CT molecular complexity index is 744. The number of hydrogen-bond donors (Lipinski definition) is 0. The van der Waals surface area contributed by atoms with E-state index in [4.69, 9.17) is 4.74 Å². The Labute approximate surface area is 159 Å². The fourth-order valence-electron chi connectivity index (χ4n) is 4.64. The van der Waals surface area contributed by atoms with Crippen molar-refractivity contribution in [3.63, 3.8) is 0 Å². The van der Waals surface area contributed by atoms with Gasteiger partial charge in [0.15, 0.2) is 0 Å². The molecule has 2 aliphatic rings. The molecule has 5 heteroatoms. The van der Waals surface area contributed by atoms with Gasteiger partial charge >= 0.3 is 0 Å². The average molecular weight is 371 g/mol. The number of thiophene rings is 1. The summed E-state index contributed by atoms with van der Waals surface area (Å²) < 4.78 is 5.26. The van der Waals surface area contributed by atoms with Crippen molar-refractivity contribution in [1.29, 1.82) is 0 Å². The molecule has 0 aliphatic carbocycles. The standard InChI is InChI=1S/C21H26N2O2S/c1-15(24)23-13-19(17-8-10-26-14-17)20-12-22(9-7-21(20)23)11-16-3-5-18(25-2)6-4-16/h3-6,8,10,14,19-21H,7,9,11-13H2,1-2H3/t19-,20-,21-/m0/s1. The van der Waals surface area contributed by atoms with Gasteiger partial charge in [-0.15, -0.1) is 0 Å². The number of rotatable bonds is 4. The second-order valence-electron chi connectivity index (χ2n) is 7.44. The van der Waals surface area contributed by atoms with E-state index in [-0.39, 0.29) is 5.91 Å². The summed E-state index contributed by atoms with van der Waals surface area (Å²) in [5.41, 5.74) is 2.72. The summed E-state index contributed by atoms with van der Waals surface area (Å²) in [7, 11) is 1.70. The largest absolute Gasteiger partial charge is 0.497 e. The molecule has 3 heterocycles. The van der Waals surface area contributed by atoms with E-state index in [1.54, 1.807) is 25.4 Å². The number of nitrogens with zero attached hydrogens (tertiary/aromatic N) is 2. The highest BCUT2D eigenvalue weighted by molar-refractivity contribution is 7.08. The highest BCUT2D eigenvalue weighted by Crippen LogP contribution is 2.42. The number of hydrogen-bond acceptors (Lipinski definition) is 4. The summed E-state index contributed by atoms with van der Waals surface area (Å²) >= 11 is 1.75. The Hall–Kier alpha value is -1.85. The molecule has 0 N–H and O–H groups in total. The van der Waals surface area contributed by atoms with E-state index in [0.29, 0.717) is 17.9 Å². The lowest BCUT2D eigenvalue weighted by Crippen LogP contribution is -2.47. The van der Waals surface area contributed by atoms with Crippen LogP contribution in [0.1, 0.15) is 30.4 Å². The molecule has 2 aliphatic heterocycles. The van der Waals surface area contributed by atoms with Crippen molar-refractivity contribution in [1.82, 2.24) is 9.80 Å². The van der Waals surface area contributed by atoms with Gasteiger partial charge in [0.1, 0.15) is 5.75 Å². The molecular formula is C21H26N2O2S. The van der Waals surface area contributed by atoms with Crippen molar-refractivity contribution in [3.05, 3.63) is 52.2 Å². The predicted octanol–water partition coefficient (Wildman–Crippen LogP) is 3.59. The van der Waals surface area contributed by atoms with Crippen LogP contribution in [0.2, 0.25) is 0 Å². The van der Waals surface area contributed by atoms with E-state index in [1.807, 2.05) is 12.1 Å². The van der Waals surface area contributed by atoms with Crippen molar-refractivity contribution >= 4 is 17.2 Å². The molecule has 0 radical (unpaired) electrons. The minimum Gasteiger partial charge on any atom is -0.497 e. The molecule has 26 heavy (non-hydrogen) atoms. The monoisotopic (exact) mass is 370 g/mol. The summed E-state index contributed by atoms with van der Waals surface area (Å²) in [6, 6.07) is 11.0. The van der Waals surface area contributed by atoms with Crippen LogP contribution in [0.3, 0.4) is 0 Å². The van der Waals surface area contributed by atoms with Gasteiger partial charge < -0.3 is 9.64 Å².